The van der Waals surface area contributed by atoms with Crippen molar-refractivity contribution >= 4 is 16.8 Å². The van der Waals surface area contributed by atoms with Crippen LogP contribution in [0.3, 0.4) is 0 Å². The number of hydrogen-bond donors (Lipinski definition) is 1. The standard InChI is InChI=1S/C23H27N3O2/c1-23(2,3)15-20(17-9-5-4-6-10-17)25-21(27)13-14-26-16-24-19-12-8-7-11-18(19)22(26)28/h4-12,16,20H,13-15H2,1-3H3,(H,25,27). The first-order valence-electron chi connectivity index (χ1n) is 9.62. The molecular weight excluding hydrogens is 350 g/mol. The van der Waals surface area contributed by atoms with Gasteiger partial charge in [-0.15, -0.1) is 0 Å². The van der Waals surface area contributed by atoms with Crippen LogP contribution < -0.4 is 10.9 Å². The Hall–Kier alpha value is -2.95. The lowest BCUT2D eigenvalue weighted by molar-refractivity contribution is -0.122. The van der Waals surface area contributed by atoms with Gasteiger partial charge in [0.25, 0.3) is 5.56 Å². The molecule has 0 aliphatic heterocycles. The molecule has 2 aromatic carbocycles. The van der Waals surface area contributed by atoms with Crippen LogP contribution in [-0.2, 0) is 11.3 Å². The molecular formula is C23H27N3O2. The number of hydrogen-bond acceptors (Lipinski definition) is 3. The summed E-state index contributed by atoms with van der Waals surface area (Å²) in [5, 5.41) is 3.71. The van der Waals surface area contributed by atoms with Gasteiger partial charge >= 0.3 is 0 Å². The number of carbonyl (C=O) groups excluding carboxylic acids is 1. The largest absolute Gasteiger partial charge is 0.349 e. The lowest BCUT2D eigenvalue weighted by atomic mass is 9.85. The van der Waals surface area contributed by atoms with E-state index in [0.29, 0.717) is 17.4 Å². The van der Waals surface area contributed by atoms with Crippen LogP contribution >= 0.6 is 0 Å². The molecule has 0 radical (unpaired) electrons. The zero-order chi connectivity index (χ0) is 20.1. The van der Waals surface area contributed by atoms with Gasteiger partial charge < -0.3 is 5.32 Å². The van der Waals surface area contributed by atoms with Crippen molar-refractivity contribution in [2.24, 2.45) is 5.41 Å². The average Bonchev–Trinajstić information content (AvgIpc) is 2.67. The fourth-order valence-electron chi connectivity index (χ4n) is 3.30. The third-order valence-corrected chi connectivity index (χ3v) is 4.66. The van der Waals surface area contributed by atoms with E-state index in [1.165, 1.54) is 10.9 Å². The highest BCUT2D eigenvalue weighted by Crippen LogP contribution is 2.29. The number of nitrogens with zero attached hydrogens (tertiary/aromatic N) is 2. The van der Waals surface area contributed by atoms with Crippen molar-refractivity contribution in [3.63, 3.8) is 0 Å². The van der Waals surface area contributed by atoms with Crippen LogP contribution in [0, 0.1) is 5.41 Å². The van der Waals surface area contributed by atoms with Gasteiger partial charge in [-0.3, -0.25) is 14.2 Å². The van der Waals surface area contributed by atoms with E-state index in [-0.39, 0.29) is 29.3 Å². The summed E-state index contributed by atoms with van der Waals surface area (Å²) >= 11 is 0. The van der Waals surface area contributed by atoms with Crippen LogP contribution in [0.15, 0.2) is 65.7 Å². The van der Waals surface area contributed by atoms with Gasteiger partial charge in [-0.25, -0.2) is 4.98 Å². The molecule has 1 unspecified atom stereocenters. The molecule has 146 valence electrons. The van der Waals surface area contributed by atoms with E-state index in [9.17, 15) is 9.59 Å². The summed E-state index contributed by atoms with van der Waals surface area (Å²) in [6, 6.07) is 17.2. The number of aromatic nitrogens is 2. The molecule has 5 nitrogen and oxygen atoms in total. The Morgan fingerprint density at radius 2 is 1.75 bits per heavy atom. The molecule has 3 aromatic rings. The van der Waals surface area contributed by atoms with E-state index in [4.69, 9.17) is 0 Å². The average molecular weight is 377 g/mol. The van der Waals surface area contributed by atoms with Gasteiger partial charge in [0.2, 0.25) is 5.91 Å². The number of carbonyl (C=O) groups is 1. The molecule has 0 saturated carbocycles. The van der Waals surface area contributed by atoms with Crippen molar-refractivity contribution in [3.05, 3.63) is 76.8 Å². The Balaban J connectivity index is 1.70. The first-order chi connectivity index (χ1) is 13.3. The summed E-state index contributed by atoms with van der Waals surface area (Å²) in [6.07, 6.45) is 2.58. The fourth-order valence-corrected chi connectivity index (χ4v) is 3.30. The summed E-state index contributed by atoms with van der Waals surface area (Å²) in [4.78, 5) is 29.5. The molecule has 0 fully saturated rings. The van der Waals surface area contributed by atoms with Crippen molar-refractivity contribution < 1.29 is 4.79 Å². The van der Waals surface area contributed by atoms with Gasteiger partial charge in [0.1, 0.15) is 0 Å². The summed E-state index contributed by atoms with van der Waals surface area (Å²) in [6.45, 7) is 6.79. The number of amides is 1. The zero-order valence-corrected chi connectivity index (χ0v) is 16.7. The molecule has 28 heavy (non-hydrogen) atoms. The minimum absolute atomic E-state index is 0.0554. The normalized spacial score (nSPS) is 12.7. The minimum atomic E-state index is -0.118. The van der Waals surface area contributed by atoms with Crippen molar-refractivity contribution in [2.45, 2.75) is 46.2 Å². The van der Waals surface area contributed by atoms with Gasteiger partial charge in [0.15, 0.2) is 0 Å². The second kappa shape index (κ2) is 8.38. The van der Waals surface area contributed by atoms with E-state index >= 15 is 0 Å². The van der Waals surface area contributed by atoms with Crippen LogP contribution in [-0.4, -0.2) is 15.5 Å². The van der Waals surface area contributed by atoms with E-state index in [1.54, 1.807) is 6.07 Å². The third kappa shape index (κ3) is 5.06. The lowest BCUT2D eigenvalue weighted by Gasteiger charge is -2.27. The van der Waals surface area contributed by atoms with Crippen molar-refractivity contribution in [3.8, 4) is 0 Å². The van der Waals surface area contributed by atoms with Crippen LogP contribution in [0.2, 0.25) is 0 Å². The molecule has 0 aliphatic carbocycles. The van der Waals surface area contributed by atoms with Crippen LogP contribution in [0.4, 0.5) is 0 Å². The van der Waals surface area contributed by atoms with Crippen molar-refractivity contribution in [1.29, 1.82) is 0 Å². The highest BCUT2D eigenvalue weighted by molar-refractivity contribution is 5.77. The van der Waals surface area contributed by atoms with Gasteiger partial charge in [-0.2, -0.15) is 0 Å². The molecule has 1 N–H and O–H groups in total. The highest BCUT2D eigenvalue weighted by Gasteiger charge is 2.21. The molecule has 1 atom stereocenters. The summed E-state index contributed by atoms with van der Waals surface area (Å²) in [5.74, 6) is -0.0711. The first kappa shape index (κ1) is 19.8. The Morgan fingerprint density at radius 1 is 1.07 bits per heavy atom. The van der Waals surface area contributed by atoms with Crippen LogP contribution in [0.1, 0.15) is 45.2 Å². The van der Waals surface area contributed by atoms with Crippen LogP contribution in [0.25, 0.3) is 10.9 Å². The quantitative estimate of drug-likeness (QED) is 0.704. The Bertz CT molecular complexity index is 1000. The first-order valence-corrected chi connectivity index (χ1v) is 9.62. The highest BCUT2D eigenvalue weighted by atomic mass is 16.2. The molecule has 0 aliphatic rings. The van der Waals surface area contributed by atoms with Crippen LogP contribution in [0.5, 0.6) is 0 Å². The minimum Gasteiger partial charge on any atom is -0.349 e. The Morgan fingerprint density at radius 3 is 2.46 bits per heavy atom. The molecule has 1 aromatic heterocycles. The maximum atomic E-state index is 12.6. The smallest absolute Gasteiger partial charge is 0.261 e. The summed E-state index contributed by atoms with van der Waals surface area (Å²) in [7, 11) is 0. The van der Waals surface area contributed by atoms with E-state index in [1.807, 2.05) is 48.5 Å². The number of fused-ring (bicyclic) bond motifs is 1. The Kier molecular flexibility index (Phi) is 5.93. The predicted octanol–water partition coefficient (Wildman–Crippen LogP) is 4.08. The maximum Gasteiger partial charge on any atom is 0.261 e. The molecule has 0 bridgehead atoms. The maximum absolute atomic E-state index is 12.6. The molecule has 1 heterocycles. The predicted molar refractivity (Wildman–Crippen MR) is 112 cm³/mol. The zero-order valence-electron chi connectivity index (χ0n) is 16.7. The fraction of sp³-hybridized carbons (Fsp3) is 0.348. The SMILES string of the molecule is CC(C)(C)CC(NC(=O)CCn1cnc2ccccc2c1=O)c1ccccc1. The van der Waals surface area contributed by atoms with E-state index < -0.39 is 0 Å². The van der Waals surface area contributed by atoms with Gasteiger partial charge in [0.05, 0.1) is 23.3 Å². The van der Waals surface area contributed by atoms with Gasteiger partial charge in [-0.1, -0.05) is 63.2 Å². The van der Waals surface area contributed by atoms with Gasteiger partial charge in [-0.05, 0) is 29.5 Å². The summed E-state index contributed by atoms with van der Waals surface area (Å²) in [5.41, 5.74) is 1.72. The molecule has 0 spiro atoms. The molecule has 5 heteroatoms. The van der Waals surface area contributed by atoms with Crippen molar-refractivity contribution in [1.82, 2.24) is 14.9 Å². The number of benzene rings is 2. The topological polar surface area (TPSA) is 64.0 Å². The summed E-state index contributed by atoms with van der Waals surface area (Å²) < 4.78 is 1.50. The second-order valence-electron chi connectivity index (χ2n) is 8.31. The number of para-hydroxylation sites is 1. The Labute approximate surface area is 165 Å². The molecule has 3 rings (SSSR count). The number of nitrogens with one attached hydrogen (secondary N) is 1. The number of rotatable bonds is 6. The second-order valence-corrected chi connectivity index (χ2v) is 8.31. The third-order valence-electron chi connectivity index (χ3n) is 4.66. The lowest BCUT2D eigenvalue weighted by Crippen LogP contribution is -2.32. The molecule has 1 amide bonds. The number of aryl methyl sites for hydroxylation is 1. The van der Waals surface area contributed by atoms with Crippen molar-refractivity contribution in [2.75, 3.05) is 0 Å². The monoisotopic (exact) mass is 377 g/mol. The molecule has 0 saturated heterocycles. The van der Waals surface area contributed by atoms with E-state index in [2.05, 4.69) is 31.1 Å². The van der Waals surface area contributed by atoms with E-state index in [0.717, 1.165) is 12.0 Å². The van der Waals surface area contributed by atoms with Gasteiger partial charge in [0, 0.05) is 13.0 Å².